The van der Waals surface area contributed by atoms with Crippen molar-refractivity contribution in [3.05, 3.63) is 36.0 Å². The van der Waals surface area contributed by atoms with Crippen LogP contribution in [0.5, 0.6) is 0 Å². The molecular weight excluding hydrogens is 558 g/mol. The Bertz CT molecular complexity index is 1180. The first-order valence-corrected chi connectivity index (χ1v) is 15.5. The van der Waals surface area contributed by atoms with Crippen molar-refractivity contribution in [1.82, 2.24) is 20.9 Å². The zero-order valence-electron chi connectivity index (χ0n) is 22.5. The number of aliphatic carboxylic acids is 2. The van der Waals surface area contributed by atoms with E-state index in [0.29, 0.717) is 23.5 Å². The minimum absolute atomic E-state index is 0.0134. The van der Waals surface area contributed by atoms with E-state index in [4.69, 9.17) is 10.8 Å². The normalized spacial score (nSPS) is 14.1. The van der Waals surface area contributed by atoms with Crippen LogP contribution < -0.4 is 21.7 Å². The maximum Gasteiger partial charge on any atom is 0.326 e. The van der Waals surface area contributed by atoms with E-state index in [2.05, 4.69) is 20.9 Å². The first kappa shape index (κ1) is 33.0. The lowest BCUT2D eigenvalue weighted by molar-refractivity contribution is -0.142. The smallest absolute Gasteiger partial charge is 0.326 e. The summed E-state index contributed by atoms with van der Waals surface area (Å²) >= 11 is 2.94. The van der Waals surface area contributed by atoms with E-state index in [1.54, 1.807) is 6.20 Å². The fraction of sp³-hybridized carbons (Fsp3) is 0.500. The highest BCUT2D eigenvalue weighted by Crippen LogP contribution is 2.19. The molecule has 8 N–H and O–H groups in total. The van der Waals surface area contributed by atoms with Crippen molar-refractivity contribution in [3.63, 3.8) is 0 Å². The van der Waals surface area contributed by atoms with Crippen LogP contribution in [0.3, 0.4) is 0 Å². The third-order valence-corrected chi connectivity index (χ3v) is 7.49. The molecule has 40 heavy (non-hydrogen) atoms. The van der Waals surface area contributed by atoms with E-state index in [1.165, 1.54) is 23.5 Å². The number of nitrogens with two attached hydrogens (primary N) is 1. The van der Waals surface area contributed by atoms with Gasteiger partial charge in [0, 0.05) is 29.9 Å². The number of aromatic nitrogens is 1. The van der Waals surface area contributed by atoms with Crippen LogP contribution in [0.4, 0.5) is 0 Å². The lowest BCUT2D eigenvalue weighted by Crippen LogP contribution is -2.57. The molecule has 14 heteroatoms. The van der Waals surface area contributed by atoms with Gasteiger partial charge in [-0.05, 0) is 54.9 Å². The molecule has 4 unspecified atom stereocenters. The zero-order valence-corrected chi connectivity index (χ0v) is 24.1. The largest absolute Gasteiger partial charge is 0.481 e. The Morgan fingerprint density at radius 2 is 1.43 bits per heavy atom. The number of hydrogen-bond donors (Lipinski definition) is 7. The lowest BCUT2D eigenvalue weighted by atomic mass is 10.0. The average molecular weight is 596 g/mol. The van der Waals surface area contributed by atoms with Gasteiger partial charge in [0.2, 0.25) is 17.7 Å². The Hall–Kier alpha value is -3.23. The second-order valence-electron chi connectivity index (χ2n) is 9.19. The Labute approximate surface area is 241 Å². The van der Waals surface area contributed by atoms with E-state index in [9.17, 15) is 29.1 Å². The van der Waals surface area contributed by atoms with Crippen molar-refractivity contribution in [2.75, 3.05) is 24.0 Å². The number of carboxylic acid groups (broad SMARTS) is 2. The SMILES string of the molecule is CSCCC(N)C(=O)NC(CCC(=O)O)C(=O)NC(CCSC)C(=O)NC(Cc1c[nH]c2ccccc12)C(=O)O. The van der Waals surface area contributed by atoms with Gasteiger partial charge in [0.15, 0.2) is 0 Å². The monoisotopic (exact) mass is 595 g/mol. The predicted octanol–water partition coefficient (Wildman–Crippen LogP) is 0.948. The Morgan fingerprint density at radius 1 is 0.850 bits per heavy atom. The number of para-hydroxylation sites is 1. The molecule has 0 fully saturated rings. The summed E-state index contributed by atoms with van der Waals surface area (Å²) in [6.07, 6.45) is 5.34. The van der Waals surface area contributed by atoms with Gasteiger partial charge in [-0.1, -0.05) is 18.2 Å². The highest BCUT2D eigenvalue weighted by Gasteiger charge is 2.31. The number of hydrogen-bond acceptors (Lipinski definition) is 8. The molecule has 0 aliphatic rings. The van der Waals surface area contributed by atoms with Crippen molar-refractivity contribution in [3.8, 4) is 0 Å². The van der Waals surface area contributed by atoms with Gasteiger partial charge < -0.3 is 36.9 Å². The van der Waals surface area contributed by atoms with Gasteiger partial charge in [-0.3, -0.25) is 19.2 Å². The number of aromatic amines is 1. The number of nitrogens with one attached hydrogen (secondary N) is 4. The van der Waals surface area contributed by atoms with Gasteiger partial charge in [0.25, 0.3) is 0 Å². The van der Waals surface area contributed by atoms with Gasteiger partial charge in [0.1, 0.15) is 18.1 Å². The number of carbonyl (C=O) groups is 5. The van der Waals surface area contributed by atoms with Gasteiger partial charge in [0.05, 0.1) is 6.04 Å². The van der Waals surface area contributed by atoms with Crippen molar-refractivity contribution in [1.29, 1.82) is 0 Å². The first-order chi connectivity index (χ1) is 19.1. The number of carbonyl (C=O) groups excluding carboxylic acids is 3. The Kier molecular flexibility index (Phi) is 13.8. The second kappa shape index (κ2) is 16.8. The van der Waals surface area contributed by atoms with Crippen molar-refractivity contribution in [2.24, 2.45) is 5.73 Å². The molecule has 220 valence electrons. The third kappa shape index (κ3) is 10.4. The quantitative estimate of drug-likeness (QED) is 0.130. The number of amides is 3. The van der Waals surface area contributed by atoms with Crippen LogP contribution in [0.25, 0.3) is 10.9 Å². The highest BCUT2D eigenvalue weighted by atomic mass is 32.2. The van der Waals surface area contributed by atoms with Crippen LogP contribution in [-0.4, -0.2) is 93.0 Å². The summed E-state index contributed by atoms with van der Waals surface area (Å²) in [4.78, 5) is 65.2. The molecule has 12 nitrogen and oxygen atoms in total. The molecule has 0 spiro atoms. The topological polar surface area (TPSA) is 204 Å². The minimum atomic E-state index is -1.27. The molecule has 0 aliphatic heterocycles. The van der Waals surface area contributed by atoms with E-state index in [-0.39, 0.29) is 19.3 Å². The number of rotatable bonds is 18. The van der Waals surface area contributed by atoms with Gasteiger partial charge in [-0.2, -0.15) is 23.5 Å². The van der Waals surface area contributed by atoms with Crippen molar-refractivity contribution >= 4 is 64.1 Å². The van der Waals surface area contributed by atoms with Gasteiger partial charge >= 0.3 is 11.9 Å². The molecule has 0 bridgehead atoms. The number of fused-ring (bicyclic) bond motifs is 1. The maximum atomic E-state index is 13.2. The highest BCUT2D eigenvalue weighted by molar-refractivity contribution is 7.98. The number of carboxylic acids is 2. The summed E-state index contributed by atoms with van der Waals surface area (Å²) in [5, 5.41) is 27.4. The van der Waals surface area contributed by atoms with Crippen LogP contribution in [0.15, 0.2) is 30.5 Å². The van der Waals surface area contributed by atoms with Crippen LogP contribution in [0.2, 0.25) is 0 Å². The second-order valence-corrected chi connectivity index (χ2v) is 11.2. The first-order valence-electron chi connectivity index (χ1n) is 12.7. The average Bonchev–Trinajstić information content (AvgIpc) is 3.33. The fourth-order valence-corrected chi connectivity index (χ4v) is 4.92. The summed E-state index contributed by atoms with van der Waals surface area (Å²) in [6, 6.07) is 2.88. The summed E-state index contributed by atoms with van der Waals surface area (Å²) in [5.41, 5.74) is 7.44. The molecule has 0 aliphatic carbocycles. The number of H-pyrrole nitrogens is 1. The summed E-state index contributed by atoms with van der Waals surface area (Å²) in [6.45, 7) is 0. The molecule has 0 saturated carbocycles. The fourth-order valence-electron chi connectivity index (χ4n) is 3.96. The molecule has 1 aromatic carbocycles. The number of benzene rings is 1. The van der Waals surface area contributed by atoms with E-state index < -0.39 is 60.2 Å². The molecule has 0 saturated heterocycles. The minimum Gasteiger partial charge on any atom is -0.481 e. The Morgan fingerprint density at radius 3 is 2.05 bits per heavy atom. The zero-order chi connectivity index (χ0) is 29.7. The summed E-state index contributed by atoms with van der Waals surface area (Å²) in [5.74, 6) is -3.35. The molecule has 1 aromatic heterocycles. The van der Waals surface area contributed by atoms with E-state index >= 15 is 0 Å². The maximum absolute atomic E-state index is 13.2. The van der Waals surface area contributed by atoms with Crippen molar-refractivity contribution < 1.29 is 34.2 Å². The summed E-state index contributed by atoms with van der Waals surface area (Å²) in [7, 11) is 0. The predicted molar refractivity (Wildman–Crippen MR) is 156 cm³/mol. The molecule has 2 aromatic rings. The van der Waals surface area contributed by atoms with Crippen LogP contribution in [-0.2, 0) is 30.4 Å². The Balaban J connectivity index is 2.16. The molecule has 4 atom stereocenters. The molecule has 0 radical (unpaired) electrons. The van der Waals surface area contributed by atoms with Crippen molar-refractivity contribution in [2.45, 2.75) is 56.3 Å². The van der Waals surface area contributed by atoms with Crippen LogP contribution >= 0.6 is 23.5 Å². The molecular formula is C26H37N5O7S2. The number of thioether (sulfide) groups is 2. The van der Waals surface area contributed by atoms with Gasteiger partial charge in [-0.15, -0.1) is 0 Å². The molecule has 3 amide bonds. The van der Waals surface area contributed by atoms with Gasteiger partial charge in [-0.25, -0.2) is 4.79 Å². The van der Waals surface area contributed by atoms with E-state index in [0.717, 1.165) is 10.9 Å². The molecule has 1 heterocycles. The van der Waals surface area contributed by atoms with Crippen LogP contribution in [0.1, 0.15) is 31.2 Å². The summed E-state index contributed by atoms with van der Waals surface area (Å²) < 4.78 is 0. The van der Waals surface area contributed by atoms with Crippen LogP contribution in [0, 0.1) is 0 Å². The standard InChI is InChI=1S/C26H37N5O7S2/c1-39-11-9-17(27)23(34)29-19(7-8-22(32)33)24(35)30-20(10-12-40-2)25(36)31-21(26(37)38)13-15-14-28-18-6-4-3-5-16(15)18/h3-6,14,17,19-21,28H,7-13,27H2,1-2H3,(H,29,34)(H,30,35)(H,31,36)(H,32,33)(H,37,38). The van der Waals surface area contributed by atoms with E-state index in [1.807, 2.05) is 36.8 Å². The lowest BCUT2D eigenvalue weighted by Gasteiger charge is -2.25. The molecule has 2 rings (SSSR count). The third-order valence-electron chi connectivity index (χ3n) is 6.21.